The number of rotatable bonds is 4. The van der Waals surface area contributed by atoms with E-state index in [4.69, 9.17) is 5.26 Å². The maximum atomic E-state index is 13.4. The van der Waals surface area contributed by atoms with E-state index in [9.17, 15) is 22.8 Å². The zero-order valence-corrected chi connectivity index (χ0v) is 16.7. The van der Waals surface area contributed by atoms with Crippen molar-refractivity contribution in [1.82, 2.24) is 15.2 Å². The summed E-state index contributed by atoms with van der Waals surface area (Å²) < 4.78 is 40.1. The number of pyridine rings is 1. The summed E-state index contributed by atoms with van der Waals surface area (Å²) in [5.41, 5.74) is -0.597. The lowest BCUT2D eigenvalue weighted by Crippen LogP contribution is -2.60. The number of carbonyl (C=O) groups excluding carboxylic acids is 2. The Labute approximate surface area is 177 Å². The van der Waals surface area contributed by atoms with Gasteiger partial charge in [-0.2, -0.15) is 18.4 Å². The van der Waals surface area contributed by atoms with Crippen molar-refractivity contribution in [2.75, 3.05) is 31.6 Å². The number of likely N-dealkylation sites (N-methyl/N-ethyl adjacent to an activating group) is 1. The molecule has 0 aliphatic carbocycles. The topological polar surface area (TPSA) is 89.3 Å². The van der Waals surface area contributed by atoms with Crippen LogP contribution >= 0.6 is 0 Å². The van der Waals surface area contributed by atoms with E-state index in [1.54, 1.807) is 30.6 Å². The fourth-order valence-electron chi connectivity index (χ4n) is 3.54. The number of hydrogen-bond donors (Lipinski definition) is 1. The lowest BCUT2D eigenvalue weighted by Gasteiger charge is -2.42. The number of hydrogen-bond acceptors (Lipinski definition) is 5. The number of nitriles is 1. The number of carbonyl (C=O) groups is 2. The third kappa shape index (κ3) is 4.94. The maximum Gasteiger partial charge on any atom is 0.417 e. The second kappa shape index (κ2) is 9.04. The number of aromatic nitrogens is 1. The summed E-state index contributed by atoms with van der Waals surface area (Å²) in [6, 6.07) is 7.49. The molecule has 31 heavy (non-hydrogen) atoms. The fourth-order valence-corrected chi connectivity index (χ4v) is 3.54. The minimum absolute atomic E-state index is 0.0327. The van der Waals surface area contributed by atoms with E-state index < -0.39 is 29.3 Å². The van der Waals surface area contributed by atoms with Crippen LogP contribution in [0.1, 0.15) is 16.7 Å². The maximum absolute atomic E-state index is 13.4. The molecule has 2 aromatic rings. The minimum Gasteiger partial charge on any atom is -0.357 e. The van der Waals surface area contributed by atoms with Crippen molar-refractivity contribution in [3.05, 3.63) is 59.4 Å². The smallest absolute Gasteiger partial charge is 0.357 e. The van der Waals surface area contributed by atoms with Crippen molar-refractivity contribution in [1.29, 1.82) is 5.26 Å². The first-order valence-electron chi connectivity index (χ1n) is 9.51. The Morgan fingerprint density at radius 1 is 1.23 bits per heavy atom. The highest BCUT2D eigenvalue weighted by atomic mass is 19.4. The van der Waals surface area contributed by atoms with Gasteiger partial charge in [-0.3, -0.25) is 14.6 Å². The van der Waals surface area contributed by atoms with Crippen LogP contribution in [0.3, 0.4) is 0 Å². The molecular weight excluding hydrogens is 411 g/mol. The van der Waals surface area contributed by atoms with Crippen molar-refractivity contribution in [2.24, 2.45) is 0 Å². The molecule has 0 bridgehead atoms. The minimum atomic E-state index is -4.70. The van der Waals surface area contributed by atoms with E-state index in [0.29, 0.717) is 0 Å². The summed E-state index contributed by atoms with van der Waals surface area (Å²) in [4.78, 5) is 32.2. The van der Waals surface area contributed by atoms with Crippen molar-refractivity contribution >= 4 is 17.5 Å². The first-order valence-corrected chi connectivity index (χ1v) is 9.51. The van der Waals surface area contributed by atoms with Gasteiger partial charge in [0, 0.05) is 38.2 Å². The third-order valence-corrected chi connectivity index (χ3v) is 5.15. The Balaban J connectivity index is 1.85. The number of nitrogens with zero attached hydrogens (tertiary/aromatic N) is 4. The average Bonchev–Trinajstić information content (AvgIpc) is 2.77. The molecule has 1 saturated heterocycles. The van der Waals surface area contributed by atoms with Crippen LogP contribution in [-0.2, 0) is 22.2 Å². The Morgan fingerprint density at radius 2 is 1.94 bits per heavy atom. The summed E-state index contributed by atoms with van der Waals surface area (Å²) in [5.74, 6) is -0.602. The average molecular weight is 431 g/mol. The Morgan fingerprint density at radius 3 is 2.55 bits per heavy atom. The highest BCUT2D eigenvalue weighted by Gasteiger charge is 2.37. The first kappa shape index (κ1) is 22.1. The standard InChI is InChI=1S/C21H20F3N5O2/c1-26-20(31)18-13-28(19(30)10-14-4-6-27-7-5-14)8-9-29(18)16-3-2-15(12-25)17(11-16)21(22,23)24/h2-7,11,18H,8-10,13H2,1H3,(H,26,31). The van der Waals surface area contributed by atoms with Gasteiger partial charge in [0.05, 0.1) is 30.2 Å². The summed E-state index contributed by atoms with van der Waals surface area (Å²) in [6.07, 6.45) is -1.40. The molecule has 2 amide bonds. The molecule has 1 N–H and O–H groups in total. The van der Waals surface area contributed by atoms with Crippen LogP contribution in [0.25, 0.3) is 0 Å². The lowest BCUT2D eigenvalue weighted by atomic mass is 10.0. The molecule has 0 spiro atoms. The highest BCUT2D eigenvalue weighted by molar-refractivity contribution is 5.87. The van der Waals surface area contributed by atoms with Crippen LogP contribution < -0.4 is 10.2 Å². The quantitative estimate of drug-likeness (QED) is 0.800. The van der Waals surface area contributed by atoms with Gasteiger partial charge in [-0.15, -0.1) is 0 Å². The van der Waals surface area contributed by atoms with Crippen LogP contribution in [-0.4, -0.2) is 54.4 Å². The van der Waals surface area contributed by atoms with E-state index in [1.807, 2.05) is 0 Å². The number of anilines is 1. The zero-order chi connectivity index (χ0) is 22.6. The largest absolute Gasteiger partial charge is 0.417 e. The van der Waals surface area contributed by atoms with E-state index >= 15 is 0 Å². The fraction of sp³-hybridized carbons (Fsp3) is 0.333. The zero-order valence-electron chi connectivity index (χ0n) is 16.7. The number of halogens is 3. The van der Waals surface area contributed by atoms with Crippen molar-refractivity contribution in [2.45, 2.75) is 18.6 Å². The molecule has 1 aromatic carbocycles. The molecule has 1 unspecified atom stereocenters. The van der Waals surface area contributed by atoms with Crippen LogP contribution in [0.5, 0.6) is 0 Å². The van der Waals surface area contributed by atoms with Gasteiger partial charge in [-0.1, -0.05) is 0 Å². The second-order valence-corrected chi connectivity index (χ2v) is 7.03. The lowest BCUT2D eigenvalue weighted by molar-refractivity contribution is -0.137. The van der Waals surface area contributed by atoms with E-state index in [0.717, 1.165) is 17.7 Å². The van der Waals surface area contributed by atoms with Crippen molar-refractivity contribution in [3.8, 4) is 6.07 Å². The van der Waals surface area contributed by atoms with Crippen LogP contribution in [0.4, 0.5) is 18.9 Å². The van der Waals surface area contributed by atoms with E-state index in [2.05, 4.69) is 10.3 Å². The van der Waals surface area contributed by atoms with Gasteiger partial charge < -0.3 is 15.1 Å². The first-order chi connectivity index (χ1) is 14.7. The molecule has 1 fully saturated rings. The van der Waals surface area contributed by atoms with Crippen molar-refractivity contribution < 1.29 is 22.8 Å². The molecule has 1 aliphatic rings. The van der Waals surface area contributed by atoms with Gasteiger partial charge in [0.1, 0.15) is 6.04 Å². The summed E-state index contributed by atoms with van der Waals surface area (Å²) in [7, 11) is 1.43. The predicted molar refractivity (Wildman–Crippen MR) is 106 cm³/mol. The van der Waals surface area contributed by atoms with Gasteiger partial charge in [0.25, 0.3) is 0 Å². The Kier molecular flexibility index (Phi) is 6.44. The van der Waals surface area contributed by atoms with Crippen LogP contribution in [0, 0.1) is 11.3 Å². The molecule has 10 heteroatoms. The summed E-state index contributed by atoms with van der Waals surface area (Å²) >= 11 is 0. The molecule has 7 nitrogen and oxygen atoms in total. The summed E-state index contributed by atoms with van der Waals surface area (Å²) in [6.45, 7) is 0.451. The number of alkyl halides is 3. The van der Waals surface area contributed by atoms with Crippen molar-refractivity contribution in [3.63, 3.8) is 0 Å². The van der Waals surface area contributed by atoms with Crippen LogP contribution in [0.2, 0.25) is 0 Å². The Bertz CT molecular complexity index is 1000. The number of nitrogens with one attached hydrogen (secondary N) is 1. The van der Waals surface area contributed by atoms with Crippen LogP contribution in [0.15, 0.2) is 42.7 Å². The predicted octanol–water partition coefficient (Wildman–Crippen LogP) is 1.98. The molecule has 0 radical (unpaired) electrons. The number of benzene rings is 1. The molecule has 162 valence electrons. The van der Waals surface area contributed by atoms with Gasteiger partial charge in [0.15, 0.2) is 0 Å². The van der Waals surface area contributed by atoms with Gasteiger partial charge in [-0.05, 0) is 35.9 Å². The highest BCUT2D eigenvalue weighted by Crippen LogP contribution is 2.35. The monoisotopic (exact) mass is 431 g/mol. The molecule has 0 saturated carbocycles. The normalized spacial score (nSPS) is 16.5. The Hall–Kier alpha value is -3.61. The molecule has 3 rings (SSSR count). The van der Waals surface area contributed by atoms with Gasteiger partial charge in [-0.25, -0.2) is 0 Å². The number of piperazine rings is 1. The van der Waals surface area contributed by atoms with Gasteiger partial charge >= 0.3 is 6.18 Å². The molecule has 1 aliphatic heterocycles. The molecule has 2 heterocycles. The summed E-state index contributed by atoms with van der Waals surface area (Å²) in [5, 5.41) is 11.5. The number of amides is 2. The molecule has 1 aromatic heterocycles. The van der Waals surface area contributed by atoms with E-state index in [1.165, 1.54) is 22.9 Å². The van der Waals surface area contributed by atoms with E-state index in [-0.39, 0.29) is 37.6 Å². The third-order valence-electron chi connectivity index (χ3n) is 5.15. The second-order valence-electron chi connectivity index (χ2n) is 7.03. The molecule has 1 atom stereocenters. The SMILES string of the molecule is CNC(=O)C1CN(C(=O)Cc2ccncc2)CCN1c1ccc(C#N)c(C(F)(F)F)c1. The van der Waals surface area contributed by atoms with Gasteiger partial charge in [0.2, 0.25) is 11.8 Å². The molecular formula is C21H20F3N5O2.